The molecule has 100 valence electrons. The van der Waals surface area contributed by atoms with Crippen molar-refractivity contribution in [1.82, 2.24) is 9.88 Å². The normalized spacial score (nSPS) is 10.5. The third-order valence-corrected chi connectivity index (χ3v) is 4.28. The smallest absolute Gasteiger partial charge is 0.265 e. The van der Waals surface area contributed by atoms with Crippen LogP contribution >= 0.6 is 22.9 Å². The minimum atomic E-state index is -0.0166. The van der Waals surface area contributed by atoms with Crippen LogP contribution in [0.15, 0.2) is 30.5 Å². The second-order valence-corrected chi connectivity index (χ2v) is 5.75. The van der Waals surface area contributed by atoms with Crippen molar-refractivity contribution in [3.8, 4) is 0 Å². The monoisotopic (exact) mass is 294 g/mol. The van der Waals surface area contributed by atoms with Crippen LogP contribution in [0.5, 0.6) is 0 Å². The van der Waals surface area contributed by atoms with E-state index in [9.17, 15) is 4.79 Å². The molecule has 1 heterocycles. The Balaban J connectivity index is 2.09. The maximum absolute atomic E-state index is 12.2. The van der Waals surface area contributed by atoms with Gasteiger partial charge < -0.3 is 4.90 Å². The van der Waals surface area contributed by atoms with E-state index in [4.69, 9.17) is 11.6 Å². The van der Waals surface area contributed by atoms with Gasteiger partial charge in [-0.25, -0.2) is 4.98 Å². The second-order valence-electron chi connectivity index (χ2n) is 4.22. The van der Waals surface area contributed by atoms with Crippen LogP contribution in [0.3, 0.4) is 0 Å². The molecule has 0 radical (unpaired) electrons. The summed E-state index contributed by atoms with van der Waals surface area (Å²) in [6, 6.07) is 7.55. The fourth-order valence-corrected chi connectivity index (χ4v) is 2.76. The standard InChI is InChI=1S/C14H15ClN2OS/c1-3-13-16-8-12(19-13)14(18)17(2)9-10-6-4-5-7-11(10)15/h4-8H,3,9H2,1-2H3. The first-order chi connectivity index (χ1) is 9.11. The Labute approximate surface area is 121 Å². The van der Waals surface area contributed by atoms with Gasteiger partial charge in [0.05, 0.1) is 11.2 Å². The Kier molecular flexibility index (Phi) is 4.56. The Morgan fingerprint density at radius 2 is 2.16 bits per heavy atom. The molecule has 2 rings (SSSR count). The molecule has 1 aromatic carbocycles. The van der Waals surface area contributed by atoms with Gasteiger partial charge in [0.1, 0.15) is 4.88 Å². The predicted molar refractivity (Wildman–Crippen MR) is 78.7 cm³/mol. The second kappa shape index (κ2) is 6.17. The van der Waals surface area contributed by atoms with E-state index in [1.54, 1.807) is 18.1 Å². The molecule has 0 atom stereocenters. The van der Waals surface area contributed by atoms with Crippen molar-refractivity contribution in [2.75, 3.05) is 7.05 Å². The van der Waals surface area contributed by atoms with E-state index in [0.717, 1.165) is 17.0 Å². The molecular weight excluding hydrogens is 280 g/mol. The maximum Gasteiger partial charge on any atom is 0.265 e. The van der Waals surface area contributed by atoms with E-state index in [-0.39, 0.29) is 5.91 Å². The Bertz CT molecular complexity index is 582. The number of rotatable bonds is 4. The SMILES string of the molecule is CCc1ncc(C(=O)N(C)Cc2ccccc2Cl)s1. The Morgan fingerprint density at radius 1 is 1.42 bits per heavy atom. The van der Waals surface area contributed by atoms with Crippen molar-refractivity contribution in [3.63, 3.8) is 0 Å². The summed E-state index contributed by atoms with van der Waals surface area (Å²) in [5.74, 6) is -0.0166. The number of thiazole rings is 1. The Hall–Kier alpha value is -1.39. The number of hydrogen-bond donors (Lipinski definition) is 0. The average Bonchev–Trinajstić information content (AvgIpc) is 2.89. The number of nitrogens with zero attached hydrogens (tertiary/aromatic N) is 2. The number of aryl methyl sites for hydroxylation is 1. The van der Waals surface area contributed by atoms with Gasteiger partial charge in [0.2, 0.25) is 0 Å². The molecule has 0 spiro atoms. The van der Waals surface area contributed by atoms with Crippen LogP contribution in [-0.2, 0) is 13.0 Å². The van der Waals surface area contributed by atoms with E-state index in [1.165, 1.54) is 11.3 Å². The van der Waals surface area contributed by atoms with Gasteiger partial charge in [0.25, 0.3) is 5.91 Å². The van der Waals surface area contributed by atoms with Crippen molar-refractivity contribution in [2.24, 2.45) is 0 Å². The molecule has 0 aliphatic carbocycles. The highest BCUT2D eigenvalue weighted by atomic mass is 35.5. The molecule has 5 heteroatoms. The lowest BCUT2D eigenvalue weighted by atomic mass is 10.2. The van der Waals surface area contributed by atoms with Gasteiger partial charge in [0.15, 0.2) is 0 Å². The number of amides is 1. The number of benzene rings is 1. The molecular formula is C14H15ClN2OS. The first-order valence-electron chi connectivity index (χ1n) is 6.05. The molecule has 0 aliphatic rings. The summed E-state index contributed by atoms with van der Waals surface area (Å²) < 4.78 is 0. The van der Waals surface area contributed by atoms with Gasteiger partial charge in [0, 0.05) is 18.6 Å². The average molecular weight is 295 g/mol. The quantitative estimate of drug-likeness (QED) is 0.863. The highest BCUT2D eigenvalue weighted by molar-refractivity contribution is 7.13. The van der Waals surface area contributed by atoms with E-state index < -0.39 is 0 Å². The highest BCUT2D eigenvalue weighted by Crippen LogP contribution is 2.19. The lowest BCUT2D eigenvalue weighted by Gasteiger charge is -2.16. The Morgan fingerprint density at radius 3 is 2.79 bits per heavy atom. The van der Waals surface area contributed by atoms with Gasteiger partial charge in [-0.1, -0.05) is 36.7 Å². The first kappa shape index (κ1) is 14.0. The number of halogens is 1. The molecule has 1 aromatic heterocycles. The number of carbonyl (C=O) groups is 1. The molecule has 0 bridgehead atoms. The van der Waals surface area contributed by atoms with Gasteiger partial charge in [-0.15, -0.1) is 11.3 Å². The van der Waals surface area contributed by atoms with Gasteiger partial charge in [-0.05, 0) is 18.1 Å². The number of aromatic nitrogens is 1. The molecule has 19 heavy (non-hydrogen) atoms. The van der Waals surface area contributed by atoms with Crippen LogP contribution in [0, 0.1) is 0 Å². The zero-order valence-corrected chi connectivity index (χ0v) is 12.5. The fourth-order valence-electron chi connectivity index (χ4n) is 1.71. The summed E-state index contributed by atoms with van der Waals surface area (Å²) in [6.07, 6.45) is 2.50. The summed E-state index contributed by atoms with van der Waals surface area (Å²) >= 11 is 7.55. The van der Waals surface area contributed by atoms with Gasteiger partial charge in [-0.3, -0.25) is 4.79 Å². The zero-order valence-electron chi connectivity index (χ0n) is 10.9. The summed E-state index contributed by atoms with van der Waals surface area (Å²) in [6.45, 7) is 2.53. The summed E-state index contributed by atoms with van der Waals surface area (Å²) in [5, 5.41) is 1.66. The van der Waals surface area contributed by atoms with Crippen LogP contribution in [0.4, 0.5) is 0 Å². The molecule has 0 saturated heterocycles. The van der Waals surface area contributed by atoms with Crippen LogP contribution in [0.2, 0.25) is 5.02 Å². The maximum atomic E-state index is 12.2. The van der Waals surface area contributed by atoms with Crippen molar-refractivity contribution in [2.45, 2.75) is 19.9 Å². The van der Waals surface area contributed by atoms with Gasteiger partial charge >= 0.3 is 0 Å². The molecule has 2 aromatic rings. The summed E-state index contributed by atoms with van der Waals surface area (Å²) in [5.41, 5.74) is 0.945. The molecule has 0 saturated carbocycles. The first-order valence-corrected chi connectivity index (χ1v) is 7.24. The zero-order chi connectivity index (χ0) is 13.8. The number of carbonyl (C=O) groups excluding carboxylic acids is 1. The van der Waals surface area contributed by atoms with E-state index in [2.05, 4.69) is 4.98 Å². The van der Waals surface area contributed by atoms with Gasteiger partial charge in [-0.2, -0.15) is 0 Å². The molecule has 0 unspecified atom stereocenters. The third-order valence-electron chi connectivity index (χ3n) is 2.78. The lowest BCUT2D eigenvalue weighted by Crippen LogP contribution is -2.25. The van der Waals surface area contributed by atoms with Crippen molar-refractivity contribution >= 4 is 28.8 Å². The van der Waals surface area contributed by atoms with Crippen LogP contribution in [0.1, 0.15) is 27.2 Å². The molecule has 1 amide bonds. The predicted octanol–water partition coefficient (Wildman–Crippen LogP) is 3.63. The van der Waals surface area contributed by atoms with E-state index in [1.807, 2.05) is 31.2 Å². The molecule has 0 fully saturated rings. The largest absolute Gasteiger partial charge is 0.337 e. The minimum absolute atomic E-state index is 0.0166. The molecule has 3 nitrogen and oxygen atoms in total. The van der Waals surface area contributed by atoms with Crippen molar-refractivity contribution in [1.29, 1.82) is 0 Å². The topological polar surface area (TPSA) is 33.2 Å². The highest BCUT2D eigenvalue weighted by Gasteiger charge is 2.15. The van der Waals surface area contributed by atoms with Crippen molar-refractivity contribution < 1.29 is 4.79 Å². The van der Waals surface area contributed by atoms with E-state index in [0.29, 0.717) is 16.4 Å². The molecule has 0 N–H and O–H groups in total. The number of hydrogen-bond acceptors (Lipinski definition) is 3. The fraction of sp³-hybridized carbons (Fsp3) is 0.286. The lowest BCUT2D eigenvalue weighted by molar-refractivity contribution is 0.0789. The van der Waals surface area contributed by atoms with E-state index >= 15 is 0 Å². The summed E-state index contributed by atoms with van der Waals surface area (Å²) in [7, 11) is 1.77. The van der Waals surface area contributed by atoms with Crippen LogP contribution < -0.4 is 0 Å². The third kappa shape index (κ3) is 3.33. The summed E-state index contributed by atoms with van der Waals surface area (Å²) in [4.78, 5) is 18.8. The van der Waals surface area contributed by atoms with Crippen molar-refractivity contribution in [3.05, 3.63) is 50.9 Å². The van der Waals surface area contributed by atoms with Crippen LogP contribution in [0.25, 0.3) is 0 Å². The molecule has 0 aliphatic heterocycles. The van der Waals surface area contributed by atoms with Crippen LogP contribution in [-0.4, -0.2) is 22.8 Å². The minimum Gasteiger partial charge on any atom is -0.337 e.